The van der Waals surface area contributed by atoms with Crippen LogP contribution in [0.1, 0.15) is 27.3 Å². The summed E-state index contributed by atoms with van der Waals surface area (Å²) in [4.78, 5) is 24.6. The summed E-state index contributed by atoms with van der Waals surface area (Å²) in [7, 11) is 0. The molecule has 2 aromatic carbocycles. The van der Waals surface area contributed by atoms with Gasteiger partial charge in [0, 0.05) is 16.3 Å². The van der Waals surface area contributed by atoms with Crippen LogP contribution in [0, 0.1) is 13.8 Å². The number of nitrogens with one attached hydrogen (secondary N) is 2. The predicted molar refractivity (Wildman–Crippen MR) is 110 cm³/mol. The maximum absolute atomic E-state index is 12.5. The van der Waals surface area contributed by atoms with Gasteiger partial charge in [0.25, 0.3) is 11.8 Å². The molecule has 0 bridgehead atoms. The Hall–Kier alpha value is -3.32. The van der Waals surface area contributed by atoms with Crippen LogP contribution in [0.2, 0.25) is 5.02 Å². The summed E-state index contributed by atoms with van der Waals surface area (Å²) in [5.74, 6) is -0.488. The molecule has 0 aliphatic rings. The van der Waals surface area contributed by atoms with Crippen molar-refractivity contribution in [3.63, 3.8) is 0 Å². The summed E-state index contributed by atoms with van der Waals surface area (Å²) in [5.41, 5.74) is 7.60. The first-order valence-corrected chi connectivity index (χ1v) is 9.37. The van der Waals surface area contributed by atoms with E-state index in [1.165, 1.54) is 0 Å². The Morgan fingerprint density at radius 3 is 2.52 bits per heavy atom. The number of ether oxygens (including phenoxy) is 1. The number of aryl methyl sites for hydroxylation is 2. The van der Waals surface area contributed by atoms with Crippen LogP contribution in [0.5, 0.6) is 5.75 Å². The molecule has 29 heavy (non-hydrogen) atoms. The van der Waals surface area contributed by atoms with Gasteiger partial charge in [-0.2, -0.15) is 5.10 Å². The van der Waals surface area contributed by atoms with Crippen molar-refractivity contribution in [1.82, 2.24) is 20.6 Å². The standard InChI is InChI=1S/C21H21ClN4O3/c1-14-11-15(2)26(25-14)12-20(27)23-24-21(28)17-8-4-6-10-19(17)29-13-16-7-3-5-9-18(16)22/h3-11H,12-13H2,1-2H3,(H,23,27)(H,24,28). The van der Waals surface area contributed by atoms with Crippen molar-refractivity contribution in [1.29, 1.82) is 0 Å². The van der Waals surface area contributed by atoms with Crippen molar-refractivity contribution < 1.29 is 14.3 Å². The van der Waals surface area contributed by atoms with Crippen LogP contribution < -0.4 is 15.6 Å². The van der Waals surface area contributed by atoms with Gasteiger partial charge in [-0.25, -0.2) is 0 Å². The molecule has 2 amide bonds. The number of amides is 2. The number of hydrazine groups is 1. The maximum Gasteiger partial charge on any atom is 0.273 e. The van der Waals surface area contributed by atoms with Crippen molar-refractivity contribution in [2.24, 2.45) is 0 Å². The fourth-order valence-corrected chi connectivity index (χ4v) is 2.95. The average molecular weight is 413 g/mol. The van der Waals surface area contributed by atoms with Gasteiger partial charge in [-0.3, -0.25) is 25.1 Å². The number of hydrogen-bond donors (Lipinski definition) is 2. The molecule has 150 valence electrons. The van der Waals surface area contributed by atoms with Gasteiger partial charge >= 0.3 is 0 Å². The molecule has 0 spiro atoms. The van der Waals surface area contributed by atoms with Crippen molar-refractivity contribution in [2.75, 3.05) is 0 Å². The molecule has 0 saturated heterocycles. The minimum Gasteiger partial charge on any atom is -0.488 e. The molecular formula is C21H21ClN4O3. The predicted octanol–water partition coefficient (Wildman–Crippen LogP) is 3.19. The van der Waals surface area contributed by atoms with Crippen LogP contribution in [0.25, 0.3) is 0 Å². The SMILES string of the molecule is Cc1cc(C)n(CC(=O)NNC(=O)c2ccccc2OCc2ccccc2Cl)n1. The summed E-state index contributed by atoms with van der Waals surface area (Å²) in [6, 6.07) is 16.0. The number of halogens is 1. The average Bonchev–Trinajstić information content (AvgIpc) is 3.02. The number of nitrogens with zero attached hydrogens (tertiary/aromatic N) is 2. The third-order valence-corrected chi connectivity index (χ3v) is 4.55. The maximum atomic E-state index is 12.5. The molecule has 0 aliphatic heterocycles. The Bertz CT molecular complexity index is 1030. The summed E-state index contributed by atoms with van der Waals surface area (Å²) >= 11 is 6.14. The molecular weight excluding hydrogens is 392 g/mol. The highest BCUT2D eigenvalue weighted by molar-refractivity contribution is 6.31. The van der Waals surface area contributed by atoms with Gasteiger partial charge in [-0.1, -0.05) is 41.9 Å². The van der Waals surface area contributed by atoms with Crippen molar-refractivity contribution >= 4 is 23.4 Å². The molecule has 8 heteroatoms. The number of hydrogen-bond acceptors (Lipinski definition) is 4. The van der Waals surface area contributed by atoms with Gasteiger partial charge < -0.3 is 4.74 Å². The fraction of sp³-hybridized carbons (Fsp3) is 0.190. The molecule has 1 heterocycles. The van der Waals surface area contributed by atoms with Gasteiger partial charge in [0.1, 0.15) is 18.9 Å². The van der Waals surface area contributed by atoms with Gasteiger partial charge in [0.15, 0.2) is 0 Å². The monoisotopic (exact) mass is 412 g/mol. The molecule has 3 aromatic rings. The van der Waals surface area contributed by atoms with Crippen LogP contribution in [0.3, 0.4) is 0 Å². The molecule has 7 nitrogen and oxygen atoms in total. The van der Waals surface area contributed by atoms with E-state index in [2.05, 4.69) is 16.0 Å². The molecule has 0 atom stereocenters. The van der Waals surface area contributed by atoms with E-state index in [1.807, 2.05) is 38.1 Å². The summed E-state index contributed by atoms with van der Waals surface area (Å²) in [6.45, 7) is 3.93. The van der Waals surface area contributed by atoms with Crippen LogP contribution in [-0.2, 0) is 17.9 Å². The zero-order valence-electron chi connectivity index (χ0n) is 16.1. The molecule has 1 aromatic heterocycles. The molecule has 2 N–H and O–H groups in total. The minimum atomic E-state index is -0.485. The smallest absolute Gasteiger partial charge is 0.273 e. The lowest BCUT2D eigenvalue weighted by molar-refractivity contribution is -0.122. The first-order valence-electron chi connectivity index (χ1n) is 8.99. The van der Waals surface area contributed by atoms with Crippen molar-refractivity contribution in [3.8, 4) is 5.75 Å². The first-order chi connectivity index (χ1) is 13.9. The molecule has 3 rings (SSSR count). The van der Waals surface area contributed by atoms with E-state index in [0.717, 1.165) is 17.0 Å². The van der Waals surface area contributed by atoms with Crippen LogP contribution >= 0.6 is 11.6 Å². The number of para-hydroxylation sites is 1. The second kappa shape index (κ2) is 9.25. The van der Waals surface area contributed by atoms with E-state index in [4.69, 9.17) is 16.3 Å². The summed E-state index contributed by atoms with van der Waals surface area (Å²) in [6.07, 6.45) is 0. The van der Waals surface area contributed by atoms with E-state index in [0.29, 0.717) is 16.3 Å². The second-order valence-corrected chi connectivity index (χ2v) is 6.87. The van der Waals surface area contributed by atoms with Gasteiger partial charge in [0.05, 0.1) is 11.3 Å². The Morgan fingerprint density at radius 2 is 1.79 bits per heavy atom. The van der Waals surface area contributed by atoms with Crippen LogP contribution in [0.15, 0.2) is 54.6 Å². The van der Waals surface area contributed by atoms with Gasteiger partial charge in [-0.05, 0) is 38.1 Å². The zero-order valence-corrected chi connectivity index (χ0v) is 16.9. The Labute approximate surface area is 173 Å². The molecule has 0 aliphatic carbocycles. The molecule has 0 saturated carbocycles. The largest absolute Gasteiger partial charge is 0.488 e. The number of aromatic nitrogens is 2. The zero-order chi connectivity index (χ0) is 20.8. The highest BCUT2D eigenvalue weighted by Gasteiger charge is 2.14. The van der Waals surface area contributed by atoms with Crippen LogP contribution in [0.4, 0.5) is 0 Å². The Balaban J connectivity index is 1.60. The molecule has 0 unspecified atom stereocenters. The molecule has 0 radical (unpaired) electrons. The van der Waals surface area contributed by atoms with Gasteiger partial charge in [0.2, 0.25) is 0 Å². The second-order valence-electron chi connectivity index (χ2n) is 6.46. The molecule has 0 fully saturated rings. The van der Waals surface area contributed by atoms with Crippen molar-refractivity contribution in [2.45, 2.75) is 27.0 Å². The lowest BCUT2D eigenvalue weighted by atomic mass is 10.2. The highest BCUT2D eigenvalue weighted by atomic mass is 35.5. The van der Waals surface area contributed by atoms with E-state index in [1.54, 1.807) is 35.0 Å². The normalized spacial score (nSPS) is 10.4. The van der Waals surface area contributed by atoms with Crippen LogP contribution in [-0.4, -0.2) is 21.6 Å². The highest BCUT2D eigenvalue weighted by Crippen LogP contribution is 2.21. The van der Waals surface area contributed by atoms with E-state index < -0.39 is 5.91 Å². The number of rotatable bonds is 6. The van der Waals surface area contributed by atoms with E-state index >= 15 is 0 Å². The Kier molecular flexibility index (Phi) is 6.51. The Morgan fingerprint density at radius 1 is 1.07 bits per heavy atom. The summed E-state index contributed by atoms with van der Waals surface area (Å²) in [5, 5.41) is 4.81. The summed E-state index contributed by atoms with van der Waals surface area (Å²) < 4.78 is 7.34. The number of benzene rings is 2. The third kappa shape index (κ3) is 5.36. The number of carbonyl (C=O) groups excluding carboxylic acids is 2. The number of carbonyl (C=O) groups is 2. The van der Waals surface area contributed by atoms with Crippen molar-refractivity contribution in [3.05, 3.63) is 82.1 Å². The third-order valence-electron chi connectivity index (χ3n) is 4.18. The lowest BCUT2D eigenvalue weighted by Gasteiger charge is -2.13. The van der Waals surface area contributed by atoms with E-state index in [-0.39, 0.29) is 19.1 Å². The lowest BCUT2D eigenvalue weighted by Crippen LogP contribution is -2.43. The minimum absolute atomic E-state index is 0.00457. The van der Waals surface area contributed by atoms with Gasteiger partial charge in [-0.15, -0.1) is 0 Å². The quantitative estimate of drug-likeness (QED) is 0.609. The first kappa shape index (κ1) is 20.4. The topological polar surface area (TPSA) is 85.2 Å². The van der Waals surface area contributed by atoms with E-state index in [9.17, 15) is 9.59 Å². The fourth-order valence-electron chi connectivity index (χ4n) is 2.76.